The Morgan fingerprint density at radius 3 is 2.53 bits per heavy atom. The van der Waals surface area contributed by atoms with E-state index in [2.05, 4.69) is 5.32 Å². The fraction of sp³-hybridized carbons (Fsp3) is 0.364. The first kappa shape index (κ1) is 13.9. The zero-order chi connectivity index (χ0) is 12.7. The van der Waals surface area contributed by atoms with Crippen LogP contribution in [0.25, 0.3) is 0 Å². The summed E-state index contributed by atoms with van der Waals surface area (Å²) in [5.41, 5.74) is 0.418. The SMILES string of the molecule is O=C(NCCCO)c1ccc(SC(F)F)cc1. The molecule has 0 bridgehead atoms. The Balaban J connectivity index is 2.52. The summed E-state index contributed by atoms with van der Waals surface area (Å²) in [5, 5.41) is 11.2. The molecule has 0 saturated heterocycles. The molecule has 2 N–H and O–H groups in total. The van der Waals surface area contributed by atoms with Gasteiger partial charge in [-0.25, -0.2) is 0 Å². The van der Waals surface area contributed by atoms with E-state index < -0.39 is 5.76 Å². The van der Waals surface area contributed by atoms with Crippen LogP contribution in [0.5, 0.6) is 0 Å². The quantitative estimate of drug-likeness (QED) is 0.609. The molecular weight excluding hydrogens is 248 g/mol. The molecule has 17 heavy (non-hydrogen) atoms. The van der Waals surface area contributed by atoms with Gasteiger partial charge in [0.15, 0.2) is 0 Å². The van der Waals surface area contributed by atoms with E-state index in [0.717, 1.165) is 0 Å². The third-order valence-corrected chi connectivity index (χ3v) is 2.68. The van der Waals surface area contributed by atoms with Crippen molar-refractivity contribution in [1.82, 2.24) is 5.32 Å². The molecule has 0 aliphatic heterocycles. The maximum atomic E-state index is 12.0. The van der Waals surface area contributed by atoms with Gasteiger partial charge in [0.05, 0.1) is 0 Å². The molecule has 6 heteroatoms. The van der Waals surface area contributed by atoms with E-state index in [1.165, 1.54) is 24.3 Å². The normalized spacial score (nSPS) is 10.6. The Hall–Kier alpha value is -1.14. The maximum Gasteiger partial charge on any atom is 0.288 e. The zero-order valence-corrected chi connectivity index (χ0v) is 9.84. The van der Waals surface area contributed by atoms with Crippen molar-refractivity contribution in [2.45, 2.75) is 17.1 Å². The second kappa shape index (κ2) is 7.24. The number of carbonyl (C=O) groups is 1. The summed E-state index contributed by atoms with van der Waals surface area (Å²) in [6.07, 6.45) is 0.491. The highest BCUT2D eigenvalue weighted by Gasteiger charge is 2.07. The van der Waals surface area contributed by atoms with Gasteiger partial charge in [0.25, 0.3) is 11.7 Å². The van der Waals surface area contributed by atoms with Crippen molar-refractivity contribution in [3.63, 3.8) is 0 Å². The molecule has 94 valence electrons. The number of amides is 1. The minimum absolute atomic E-state index is 0.0181. The molecule has 0 unspecified atom stereocenters. The van der Waals surface area contributed by atoms with E-state index in [1.54, 1.807) is 0 Å². The number of hydrogen-bond acceptors (Lipinski definition) is 3. The van der Waals surface area contributed by atoms with Crippen LogP contribution in [0.4, 0.5) is 8.78 Å². The maximum absolute atomic E-state index is 12.0. The standard InChI is InChI=1S/C11H13F2NO2S/c12-11(13)17-9-4-2-8(3-5-9)10(16)14-6-1-7-15/h2-5,11,15H,1,6-7H2,(H,14,16). The molecule has 0 atom stereocenters. The van der Waals surface area contributed by atoms with Crippen LogP contribution in [0, 0.1) is 0 Å². The molecule has 0 aromatic heterocycles. The largest absolute Gasteiger partial charge is 0.396 e. The van der Waals surface area contributed by atoms with Gasteiger partial charge in [-0.3, -0.25) is 4.79 Å². The molecule has 1 aromatic carbocycles. The molecule has 0 heterocycles. The van der Waals surface area contributed by atoms with Crippen molar-refractivity contribution in [2.24, 2.45) is 0 Å². The van der Waals surface area contributed by atoms with Crippen LogP contribution in [-0.4, -0.2) is 29.9 Å². The predicted molar refractivity (Wildman–Crippen MR) is 62.3 cm³/mol. The number of rotatable bonds is 6. The van der Waals surface area contributed by atoms with E-state index in [4.69, 9.17) is 5.11 Å². The van der Waals surface area contributed by atoms with Crippen molar-refractivity contribution in [3.05, 3.63) is 29.8 Å². The van der Waals surface area contributed by atoms with Crippen LogP contribution in [0.1, 0.15) is 16.8 Å². The predicted octanol–water partition coefficient (Wildman–Crippen LogP) is 2.11. The highest BCUT2D eigenvalue weighted by Crippen LogP contribution is 2.24. The van der Waals surface area contributed by atoms with Crippen molar-refractivity contribution >= 4 is 17.7 Å². The first-order valence-corrected chi connectivity index (χ1v) is 5.95. The average Bonchev–Trinajstić information content (AvgIpc) is 2.29. The van der Waals surface area contributed by atoms with Crippen molar-refractivity contribution in [2.75, 3.05) is 13.2 Å². The molecule has 0 spiro atoms. The summed E-state index contributed by atoms with van der Waals surface area (Å²) in [6, 6.07) is 5.97. The highest BCUT2D eigenvalue weighted by molar-refractivity contribution is 7.99. The van der Waals surface area contributed by atoms with Crippen LogP contribution in [0.2, 0.25) is 0 Å². The van der Waals surface area contributed by atoms with Gasteiger partial charge in [-0.15, -0.1) is 0 Å². The summed E-state index contributed by atoms with van der Waals surface area (Å²) in [6.45, 7) is 0.410. The Morgan fingerprint density at radius 2 is 2.00 bits per heavy atom. The highest BCUT2D eigenvalue weighted by atomic mass is 32.2. The molecule has 1 rings (SSSR count). The van der Waals surface area contributed by atoms with E-state index in [1.807, 2.05) is 0 Å². The number of nitrogens with one attached hydrogen (secondary N) is 1. The fourth-order valence-electron chi connectivity index (χ4n) is 1.17. The van der Waals surface area contributed by atoms with E-state index in [-0.39, 0.29) is 12.5 Å². The van der Waals surface area contributed by atoms with Gasteiger partial charge in [0.1, 0.15) is 0 Å². The molecule has 0 aliphatic carbocycles. The zero-order valence-electron chi connectivity index (χ0n) is 9.03. The molecule has 0 aliphatic rings. The van der Waals surface area contributed by atoms with Gasteiger partial charge >= 0.3 is 0 Å². The van der Waals surface area contributed by atoms with Gasteiger partial charge in [0, 0.05) is 23.6 Å². The van der Waals surface area contributed by atoms with Gasteiger partial charge in [-0.1, -0.05) is 11.8 Å². The van der Waals surface area contributed by atoms with E-state index in [0.29, 0.717) is 35.2 Å². The number of benzene rings is 1. The lowest BCUT2D eigenvalue weighted by Crippen LogP contribution is -2.24. The van der Waals surface area contributed by atoms with Gasteiger partial charge < -0.3 is 10.4 Å². The Bertz CT molecular complexity index is 357. The number of alkyl halides is 2. The van der Waals surface area contributed by atoms with Gasteiger partial charge in [-0.05, 0) is 30.7 Å². The summed E-state index contributed by atoms with van der Waals surface area (Å²) in [5.74, 6) is -2.73. The van der Waals surface area contributed by atoms with E-state index in [9.17, 15) is 13.6 Å². The third kappa shape index (κ3) is 5.14. The fourth-order valence-corrected chi connectivity index (χ4v) is 1.67. The topological polar surface area (TPSA) is 49.3 Å². The number of hydrogen-bond donors (Lipinski definition) is 2. The smallest absolute Gasteiger partial charge is 0.288 e. The van der Waals surface area contributed by atoms with Crippen molar-refractivity contribution in [3.8, 4) is 0 Å². The monoisotopic (exact) mass is 261 g/mol. The Kier molecular flexibility index (Phi) is 5.93. The molecule has 0 radical (unpaired) electrons. The number of aliphatic hydroxyl groups excluding tert-OH is 1. The summed E-state index contributed by atoms with van der Waals surface area (Å²) in [4.78, 5) is 11.9. The molecule has 1 amide bonds. The number of carbonyl (C=O) groups excluding carboxylic acids is 1. The second-order valence-corrected chi connectivity index (χ2v) is 4.30. The molecule has 1 aromatic rings. The van der Waals surface area contributed by atoms with Crippen LogP contribution < -0.4 is 5.32 Å². The molecule has 3 nitrogen and oxygen atoms in total. The molecule has 0 saturated carbocycles. The Labute approximate surface area is 102 Å². The van der Waals surface area contributed by atoms with Crippen molar-refractivity contribution in [1.29, 1.82) is 0 Å². The third-order valence-electron chi connectivity index (χ3n) is 1.96. The minimum atomic E-state index is -2.46. The van der Waals surface area contributed by atoms with Crippen LogP contribution in [-0.2, 0) is 0 Å². The Morgan fingerprint density at radius 1 is 1.35 bits per heavy atom. The molecule has 0 fully saturated rings. The van der Waals surface area contributed by atoms with Crippen molar-refractivity contribution < 1.29 is 18.7 Å². The summed E-state index contributed by atoms with van der Waals surface area (Å²) < 4.78 is 24.1. The summed E-state index contributed by atoms with van der Waals surface area (Å²) in [7, 11) is 0. The number of thioether (sulfide) groups is 1. The average molecular weight is 261 g/mol. The van der Waals surface area contributed by atoms with Crippen LogP contribution in [0.15, 0.2) is 29.2 Å². The summed E-state index contributed by atoms with van der Waals surface area (Å²) >= 11 is 0.442. The van der Waals surface area contributed by atoms with Crippen LogP contribution in [0.3, 0.4) is 0 Å². The van der Waals surface area contributed by atoms with Crippen LogP contribution >= 0.6 is 11.8 Å². The number of halogens is 2. The lowest BCUT2D eigenvalue weighted by Gasteiger charge is -2.05. The lowest BCUT2D eigenvalue weighted by atomic mass is 10.2. The minimum Gasteiger partial charge on any atom is -0.396 e. The van der Waals surface area contributed by atoms with Gasteiger partial charge in [0.2, 0.25) is 0 Å². The van der Waals surface area contributed by atoms with E-state index >= 15 is 0 Å². The lowest BCUT2D eigenvalue weighted by molar-refractivity contribution is 0.0951. The molecular formula is C11H13F2NO2S. The van der Waals surface area contributed by atoms with Gasteiger partial charge in [-0.2, -0.15) is 8.78 Å². The number of aliphatic hydroxyl groups is 1. The first-order chi connectivity index (χ1) is 8.13. The second-order valence-electron chi connectivity index (χ2n) is 3.24. The first-order valence-electron chi connectivity index (χ1n) is 5.07.